The Hall–Kier alpha value is -1.11. The van der Waals surface area contributed by atoms with Crippen LogP contribution in [0, 0.1) is 0 Å². The number of anilines is 1. The molecule has 1 saturated heterocycles. The third-order valence-electron chi connectivity index (χ3n) is 3.08. The van der Waals surface area contributed by atoms with Crippen molar-refractivity contribution in [2.75, 3.05) is 45.1 Å². The van der Waals surface area contributed by atoms with Crippen LogP contribution < -0.4 is 11.1 Å². The third-order valence-corrected chi connectivity index (χ3v) is 3.77. The van der Waals surface area contributed by atoms with Crippen LogP contribution in [-0.4, -0.2) is 50.2 Å². The number of halogens is 1. The molecule has 1 aromatic carbocycles. The van der Waals surface area contributed by atoms with E-state index >= 15 is 0 Å². The molecule has 0 bridgehead atoms. The van der Waals surface area contributed by atoms with Gasteiger partial charge in [0.05, 0.1) is 13.2 Å². The van der Waals surface area contributed by atoms with Crippen LogP contribution >= 0.6 is 15.9 Å². The van der Waals surface area contributed by atoms with Gasteiger partial charge in [-0.1, -0.05) is 0 Å². The molecule has 104 valence electrons. The van der Waals surface area contributed by atoms with Crippen LogP contribution in [0.5, 0.6) is 0 Å². The molecule has 3 N–H and O–H groups in total. The Balaban J connectivity index is 1.78. The van der Waals surface area contributed by atoms with E-state index in [1.165, 1.54) is 0 Å². The van der Waals surface area contributed by atoms with E-state index in [4.69, 9.17) is 10.5 Å². The second-order valence-corrected chi connectivity index (χ2v) is 5.30. The van der Waals surface area contributed by atoms with Crippen LogP contribution in [0.2, 0.25) is 0 Å². The van der Waals surface area contributed by atoms with Crippen molar-refractivity contribution in [1.29, 1.82) is 0 Å². The lowest BCUT2D eigenvalue weighted by Gasteiger charge is -2.26. The molecule has 0 spiro atoms. The molecule has 0 saturated carbocycles. The first-order valence-electron chi connectivity index (χ1n) is 6.30. The lowest BCUT2D eigenvalue weighted by molar-refractivity contribution is 0.0383. The average molecular weight is 328 g/mol. The maximum absolute atomic E-state index is 11.9. The van der Waals surface area contributed by atoms with Gasteiger partial charge in [-0.25, -0.2) is 0 Å². The smallest absolute Gasteiger partial charge is 0.251 e. The Morgan fingerprint density at radius 3 is 2.84 bits per heavy atom. The molecular formula is C13H18BrN3O2. The van der Waals surface area contributed by atoms with E-state index in [-0.39, 0.29) is 5.91 Å². The molecule has 0 radical (unpaired) electrons. The number of ether oxygens (including phenoxy) is 1. The second kappa shape index (κ2) is 6.88. The zero-order valence-corrected chi connectivity index (χ0v) is 12.3. The quantitative estimate of drug-likeness (QED) is 0.812. The van der Waals surface area contributed by atoms with Gasteiger partial charge in [0, 0.05) is 41.9 Å². The molecule has 6 heteroatoms. The van der Waals surface area contributed by atoms with Crippen molar-refractivity contribution in [3.8, 4) is 0 Å². The first-order chi connectivity index (χ1) is 9.16. The highest BCUT2D eigenvalue weighted by molar-refractivity contribution is 9.10. The van der Waals surface area contributed by atoms with Gasteiger partial charge in [0.1, 0.15) is 0 Å². The van der Waals surface area contributed by atoms with Gasteiger partial charge in [-0.15, -0.1) is 0 Å². The number of morpholine rings is 1. The van der Waals surface area contributed by atoms with E-state index in [1.54, 1.807) is 18.2 Å². The van der Waals surface area contributed by atoms with Crippen molar-refractivity contribution in [2.45, 2.75) is 0 Å². The number of rotatable bonds is 4. The normalized spacial score (nSPS) is 16.3. The SMILES string of the molecule is Nc1ccc(C(=O)NCCN2CCOCC2)cc1Br. The first kappa shape index (κ1) is 14.3. The predicted octanol–water partition coefficient (Wildman–Crippen LogP) is 1.09. The molecule has 1 aliphatic rings. The minimum absolute atomic E-state index is 0.0750. The number of nitrogens with two attached hydrogens (primary N) is 1. The summed E-state index contributed by atoms with van der Waals surface area (Å²) in [5.74, 6) is -0.0750. The van der Waals surface area contributed by atoms with E-state index in [9.17, 15) is 4.79 Å². The van der Waals surface area contributed by atoms with Gasteiger partial charge in [0.2, 0.25) is 0 Å². The van der Waals surface area contributed by atoms with Crippen LogP contribution in [0.1, 0.15) is 10.4 Å². The zero-order valence-electron chi connectivity index (χ0n) is 10.7. The molecule has 0 aromatic heterocycles. The van der Waals surface area contributed by atoms with Crippen LogP contribution in [0.25, 0.3) is 0 Å². The minimum Gasteiger partial charge on any atom is -0.398 e. The number of amides is 1. The monoisotopic (exact) mass is 327 g/mol. The minimum atomic E-state index is -0.0750. The maximum Gasteiger partial charge on any atom is 0.251 e. The number of nitrogen functional groups attached to an aromatic ring is 1. The lowest BCUT2D eigenvalue weighted by atomic mass is 10.2. The van der Waals surface area contributed by atoms with Crippen molar-refractivity contribution in [3.63, 3.8) is 0 Å². The predicted molar refractivity (Wildman–Crippen MR) is 78.1 cm³/mol. The Kier molecular flexibility index (Phi) is 5.18. The van der Waals surface area contributed by atoms with Gasteiger partial charge >= 0.3 is 0 Å². The Morgan fingerprint density at radius 2 is 2.16 bits per heavy atom. The standard InChI is InChI=1S/C13H18BrN3O2/c14-11-9-10(1-2-12(11)15)13(18)16-3-4-17-5-7-19-8-6-17/h1-2,9H,3-8,15H2,(H,16,18). The van der Waals surface area contributed by atoms with Crippen LogP contribution in [-0.2, 0) is 4.74 Å². The fraction of sp³-hybridized carbons (Fsp3) is 0.462. The van der Waals surface area contributed by atoms with Crippen LogP contribution in [0.15, 0.2) is 22.7 Å². The van der Waals surface area contributed by atoms with E-state index in [0.29, 0.717) is 17.8 Å². The molecule has 1 fully saturated rings. The van der Waals surface area contributed by atoms with E-state index in [2.05, 4.69) is 26.1 Å². The fourth-order valence-electron chi connectivity index (χ4n) is 1.92. The number of hydrogen-bond donors (Lipinski definition) is 2. The topological polar surface area (TPSA) is 67.6 Å². The average Bonchev–Trinajstić information content (AvgIpc) is 2.43. The van der Waals surface area contributed by atoms with Gasteiger partial charge < -0.3 is 15.8 Å². The lowest BCUT2D eigenvalue weighted by Crippen LogP contribution is -2.41. The summed E-state index contributed by atoms with van der Waals surface area (Å²) >= 11 is 3.32. The number of carbonyl (C=O) groups is 1. The highest BCUT2D eigenvalue weighted by atomic mass is 79.9. The van der Waals surface area contributed by atoms with Gasteiger partial charge in [0.25, 0.3) is 5.91 Å². The molecule has 2 rings (SSSR count). The van der Waals surface area contributed by atoms with Crippen molar-refractivity contribution in [2.24, 2.45) is 0 Å². The molecule has 0 unspecified atom stereocenters. The third kappa shape index (κ3) is 4.19. The van der Waals surface area contributed by atoms with Gasteiger partial charge in [-0.2, -0.15) is 0 Å². The molecule has 1 aromatic rings. The summed E-state index contributed by atoms with van der Waals surface area (Å²) in [5, 5.41) is 2.91. The van der Waals surface area contributed by atoms with E-state index in [0.717, 1.165) is 37.3 Å². The number of carbonyl (C=O) groups excluding carboxylic acids is 1. The fourth-order valence-corrected chi connectivity index (χ4v) is 2.30. The summed E-state index contributed by atoms with van der Waals surface area (Å²) in [6.07, 6.45) is 0. The summed E-state index contributed by atoms with van der Waals surface area (Å²) in [6.45, 7) is 4.91. The maximum atomic E-state index is 11.9. The number of benzene rings is 1. The summed E-state index contributed by atoms with van der Waals surface area (Å²) in [6, 6.07) is 5.19. The summed E-state index contributed by atoms with van der Waals surface area (Å²) < 4.78 is 6.02. The molecule has 19 heavy (non-hydrogen) atoms. The molecule has 1 heterocycles. The number of nitrogens with zero attached hydrogens (tertiary/aromatic N) is 1. The van der Waals surface area contributed by atoms with E-state index < -0.39 is 0 Å². The van der Waals surface area contributed by atoms with Gasteiger partial charge in [0.15, 0.2) is 0 Å². The molecular weight excluding hydrogens is 310 g/mol. The Morgan fingerprint density at radius 1 is 1.42 bits per heavy atom. The summed E-state index contributed by atoms with van der Waals surface area (Å²) in [7, 11) is 0. The highest BCUT2D eigenvalue weighted by Crippen LogP contribution is 2.20. The molecule has 0 aliphatic carbocycles. The van der Waals surface area contributed by atoms with Crippen molar-refractivity contribution in [1.82, 2.24) is 10.2 Å². The van der Waals surface area contributed by atoms with E-state index in [1.807, 2.05) is 0 Å². The van der Waals surface area contributed by atoms with Crippen LogP contribution in [0.4, 0.5) is 5.69 Å². The van der Waals surface area contributed by atoms with Crippen molar-refractivity contribution < 1.29 is 9.53 Å². The molecule has 1 amide bonds. The highest BCUT2D eigenvalue weighted by Gasteiger charge is 2.11. The number of nitrogens with one attached hydrogen (secondary N) is 1. The van der Waals surface area contributed by atoms with Crippen LogP contribution in [0.3, 0.4) is 0 Å². The molecule has 1 aliphatic heterocycles. The largest absolute Gasteiger partial charge is 0.398 e. The number of hydrogen-bond acceptors (Lipinski definition) is 4. The second-order valence-electron chi connectivity index (χ2n) is 4.45. The first-order valence-corrected chi connectivity index (χ1v) is 7.09. The van der Waals surface area contributed by atoms with Gasteiger partial charge in [-0.05, 0) is 34.1 Å². The Labute approximate surface area is 121 Å². The van der Waals surface area contributed by atoms with Crippen molar-refractivity contribution in [3.05, 3.63) is 28.2 Å². The molecule has 0 atom stereocenters. The molecule has 5 nitrogen and oxygen atoms in total. The Bertz CT molecular complexity index is 448. The summed E-state index contributed by atoms with van der Waals surface area (Å²) in [4.78, 5) is 14.2. The van der Waals surface area contributed by atoms with Crippen molar-refractivity contribution >= 4 is 27.5 Å². The zero-order chi connectivity index (χ0) is 13.7. The van der Waals surface area contributed by atoms with Gasteiger partial charge in [-0.3, -0.25) is 9.69 Å². The summed E-state index contributed by atoms with van der Waals surface area (Å²) in [5.41, 5.74) is 6.93.